The van der Waals surface area contributed by atoms with E-state index in [0.717, 1.165) is 30.9 Å². The number of hydrogen-bond acceptors (Lipinski definition) is 3. The minimum atomic E-state index is -0.765. The Hall–Kier alpha value is -1.55. The first-order valence-electron chi connectivity index (χ1n) is 7.68. The van der Waals surface area contributed by atoms with E-state index in [-0.39, 0.29) is 12.5 Å². The zero-order valence-electron chi connectivity index (χ0n) is 13.3. The first-order chi connectivity index (χ1) is 10.0. The van der Waals surface area contributed by atoms with Crippen molar-refractivity contribution in [1.82, 2.24) is 5.32 Å². The van der Waals surface area contributed by atoms with E-state index in [1.54, 1.807) is 0 Å². The smallest absolute Gasteiger partial charge is 0.304 e. The monoisotopic (exact) mass is 293 g/mol. The maximum Gasteiger partial charge on any atom is 0.304 e. The fraction of sp³-hybridized carbons (Fsp3) is 0.588. The first-order valence-corrected chi connectivity index (χ1v) is 7.68. The quantitative estimate of drug-likeness (QED) is 0.696. The summed E-state index contributed by atoms with van der Waals surface area (Å²) in [5.74, 6) is 0.607. The highest BCUT2D eigenvalue weighted by Gasteiger charge is 2.14. The number of carboxylic acid groups (broad SMARTS) is 1. The van der Waals surface area contributed by atoms with Gasteiger partial charge < -0.3 is 15.2 Å². The molecular weight excluding hydrogens is 266 g/mol. The predicted octanol–water partition coefficient (Wildman–Crippen LogP) is 3.11. The second-order valence-corrected chi connectivity index (χ2v) is 5.79. The summed E-state index contributed by atoms with van der Waals surface area (Å²) >= 11 is 0. The lowest BCUT2D eigenvalue weighted by atomic mass is 10.0. The Morgan fingerprint density at radius 1 is 1.29 bits per heavy atom. The average Bonchev–Trinajstić information content (AvgIpc) is 2.43. The van der Waals surface area contributed by atoms with Crippen LogP contribution < -0.4 is 10.1 Å². The Morgan fingerprint density at radius 2 is 1.95 bits per heavy atom. The molecule has 0 aliphatic heterocycles. The molecule has 1 aromatic carbocycles. The van der Waals surface area contributed by atoms with Crippen molar-refractivity contribution in [3.05, 3.63) is 29.8 Å². The Kier molecular flexibility index (Phi) is 7.83. The standard InChI is InChI=1S/C17H27NO3/c1-4-9-21-16-7-5-14(6-8-16)10-15(11-17(19)20)18-12-13(2)3/h5-8,13,15,18H,4,9-12H2,1-3H3,(H,19,20). The van der Waals surface area contributed by atoms with Crippen LogP contribution >= 0.6 is 0 Å². The number of hydrogen-bond donors (Lipinski definition) is 2. The third-order valence-corrected chi connectivity index (χ3v) is 3.11. The molecular formula is C17H27NO3. The number of ether oxygens (including phenoxy) is 1. The molecule has 118 valence electrons. The molecule has 0 fully saturated rings. The number of benzene rings is 1. The van der Waals surface area contributed by atoms with E-state index in [2.05, 4.69) is 26.1 Å². The van der Waals surface area contributed by atoms with Crippen molar-refractivity contribution in [1.29, 1.82) is 0 Å². The largest absolute Gasteiger partial charge is 0.494 e. The lowest BCUT2D eigenvalue weighted by Gasteiger charge is -2.18. The number of carbonyl (C=O) groups is 1. The number of nitrogens with one attached hydrogen (secondary N) is 1. The third kappa shape index (κ3) is 7.71. The van der Waals surface area contributed by atoms with Gasteiger partial charge in [-0.15, -0.1) is 0 Å². The minimum Gasteiger partial charge on any atom is -0.494 e. The van der Waals surface area contributed by atoms with E-state index in [4.69, 9.17) is 9.84 Å². The lowest BCUT2D eigenvalue weighted by Crippen LogP contribution is -2.35. The van der Waals surface area contributed by atoms with Gasteiger partial charge in [0.1, 0.15) is 5.75 Å². The predicted molar refractivity (Wildman–Crippen MR) is 84.8 cm³/mol. The Morgan fingerprint density at radius 3 is 2.48 bits per heavy atom. The molecule has 21 heavy (non-hydrogen) atoms. The molecule has 0 heterocycles. The van der Waals surface area contributed by atoms with Gasteiger partial charge in [-0.2, -0.15) is 0 Å². The van der Waals surface area contributed by atoms with Crippen LogP contribution in [0.2, 0.25) is 0 Å². The highest BCUT2D eigenvalue weighted by molar-refractivity contribution is 5.67. The maximum absolute atomic E-state index is 11.0. The molecule has 0 saturated carbocycles. The molecule has 0 aromatic heterocycles. The lowest BCUT2D eigenvalue weighted by molar-refractivity contribution is -0.137. The van der Waals surface area contributed by atoms with Crippen molar-refractivity contribution in [2.75, 3.05) is 13.2 Å². The molecule has 2 N–H and O–H groups in total. The summed E-state index contributed by atoms with van der Waals surface area (Å²) < 4.78 is 5.55. The molecule has 1 rings (SSSR count). The Bertz CT molecular complexity index is 415. The molecule has 0 amide bonds. The number of rotatable bonds is 10. The molecule has 0 aliphatic carbocycles. The van der Waals surface area contributed by atoms with Crippen LogP contribution in [0.5, 0.6) is 5.75 Å². The van der Waals surface area contributed by atoms with Crippen molar-refractivity contribution < 1.29 is 14.6 Å². The van der Waals surface area contributed by atoms with E-state index in [1.807, 2.05) is 24.3 Å². The van der Waals surface area contributed by atoms with Crippen molar-refractivity contribution in [2.45, 2.75) is 46.1 Å². The van der Waals surface area contributed by atoms with E-state index in [1.165, 1.54) is 0 Å². The molecule has 0 saturated heterocycles. The molecule has 4 heteroatoms. The number of aliphatic carboxylic acids is 1. The average molecular weight is 293 g/mol. The highest BCUT2D eigenvalue weighted by atomic mass is 16.5. The molecule has 0 spiro atoms. The molecule has 0 radical (unpaired) electrons. The second-order valence-electron chi connectivity index (χ2n) is 5.79. The molecule has 0 bridgehead atoms. The fourth-order valence-corrected chi connectivity index (χ4v) is 2.06. The summed E-state index contributed by atoms with van der Waals surface area (Å²) in [7, 11) is 0. The fourth-order valence-electron chi connectivity index (χ4n) is 2.06. The van der Waals surface area contributed by atoms with Crippen molar-refractivity contribution in [3.63, 3.8) is 0 Å². The minimum absolute atomic E-state index is 0.0349. The summed E-state index contributed by atoms with van der Waals surface area (Å²) in [6.45, 7) is 7.85. The molecule has 4 nitrogen and oxygen atoms in total. The van der Waals surface area contributed by atoms with Crippen molar-refractivity contribution >= 4 is 5.97 Å². The van der Waals surface area contributed by atoms with Gasteiger partial charge in [0.05, 0.1) is 13.0 Å². The van der Waals surface area contributed by atoms with E-state index >= 15 is 0 Å². The first kappa shape index (κ1) is 17.5. The summed E-state index contributed by atoms with van der Waals surface area (Å²) in [5.41, 5.74) is 1.13. The van der Waals surface area contributed by atoms with Gasteiger partial charge in [-0.1, -0.05) is 32.9 Å². The molecule has 0 aliphatic rings. The van der Waals surface area contributed by atoms with Crippen LogP contribution in [0, 0.1) is 5.92 Å². The van der Waals surface area contributed by atoms with E-state index < -0.39 is 5.97 Å². The van der Waals surface area contributed by atoms with Crippen LogP contribution in [0.4, 0.5) is 0 Å². The van der Waals surface area contributed by atoms with E-state index in [0.29, 0.717) is 12.3 Å². The van der Waals surface area contributed by atoms with Crippen LogP contribution in [-0.4, -0.2) is 30.3 Å². The van der Waals surface area contributed by atoms with Gasteiger partial charge in [0.25, 0.3) is 0 Å². The van der Waals surface area contributed by atoms with Crippen LogP contribution in [-0.2, 0) is 11.2 Å². The summed E-state index contributed by atoms with van der Waals surface area (Å²) in [6, 6.07) is 7.89. The maximum atomic E-state index is 11.0. The van der Waals surface area contributed by atoms with Gasteiger partial charge in [-0.25, -0.2) is 0 Å². The van der Waals surface area contributed by atoms with Crippen LogP contribution in [0.3, 0.4) is 0 Å². The van der Waals surface area contributed by atoms with Crippen molar-refractivity contribution in [2.24, 2.45) is 5.92 Å². The summed E-state index contributed by atoms with van der Waals surface area (Å²) in [6.07, 6.45) is 1.84. The summed E-state index contributed by atoms with van der Waals surface area (Å²) in [5, 5.41) is 12.3. The summed E-state index contributed by atoms with van der Waals surface area (Å²) in [4.78, 5) is 11.0. The van der Waals surface area contributed by atoms with Gasteiger partial charge in [-0.3, -0.25) is 4.79 Å². The van der Waals surface area contributed by atoms with Crippen LogP contribution in [0.1, 0.15) is 39.2 Å². The van der Waals surface area contributed by atoms with E-state index in [9.17, 15) is 4.79 Å². The molecule has 1 atom stereocenters. The Labute approximate surface area is 127 Å². The Balaban J connectivity index is 2.57. The normalized spacial score (nSPS) is 12.4. The van der Waals surface area contributed by atoms with Crippen LogP contribution in [0.25, 0.3) is 0 Å². The third-order valence-electron chi connectivity index (χ3n) is 3.11. The second kappa shape index (κ2) is 9.40. The highest BCUT2D eigenvalue weighted by Crippen LogP contribution is 2.14. The van der Waals surface area contributed by atoms with Crippen LogP contribution in [0.15, 0.2) is 24.3 Å². The molecule has 1 unspecified atom stereocenters. The van der Waals surface area contributed by atoms with Gasteiger partial charge >= 0.3 is 5.97 Å². The van der Waals surface area contributed by atoms with Gasteiger partial charge in [0.2, 0.25) is 0 Å². The molecule has 1 aromatic rings. The number of carboxylic acids is 1. The zero-order chi connectivity index (χ0) is 15.7. The topological polar surface area (TPSA) is 58.6 Å². The van der Waals surface area contributed by atoms with Gasteiger partial charge in [0, 0.05) is 6.04 Å². The zero-order valence-corrected chi connectivity index (χ0v) is 13.3. The van der Waals surface area contributed by atoms with Gasteiger partial charge in [-0.05, 0) is 43.0 Å². The van der Waals surface area contributed by atoms with Crippen molar-refractivity contribution in [3.8, 4) is 5.75 Å². The SMILES string of the molecule is CCCOc1ccc(CC(CC(=O)O)NCC(C)C)cc1. The van der Waals surface area contributed by atoms with Gasteiger partial charge in [0.15, 0.2) is 0 Å².